The number of nitrogens with zero attached hydrogens (tertiary/aromatic N) is 1. The second-order valence-electron chi connectivity index (χ2n) is 4.85. The Morgan fingerprint density at radius 1 is 1.53 bits per heavy atom. The summed E-state index contributed by atoms with van der Waals surface area (Å²) in [4.78, 5) is 11.3. The lowest BCUT2D eigenvalue weighted by Gasteiger charge is -2.14. The molecule has 0 amide bonds. The molecule has 0 bridgehead atoms. The quantitative estimate of drug-likeness (QED) is 0.600. The maximum atomic E-state index is 10.5. The summed E-state index contributed by atoms with van der Waals surface area (Å²) in [6.45, 7) is 4.03. The molecule has 0 atom stereocenters. The molecule has 0 spiro atoms. The van der Waals surface area contributed by atoms with Crippen molar-refractivity contribution in [3.05, 3.63) is 27.1 Å². The van der Waals surface area contributed by atoms with Gasteiger partial charge in [-0.3, -0.25) is 10.1 Å². The van der Waals surface area contributed by atoms with E-state index in [0.717, 1.165) is 18.0 Å². The lowest BCUT2D eigenvalue weighted by atomic mass is 10.0. The Balaban J connectivity index is 1.76. The molecule has 0 saturated heterocycles. The van der Waals surface area contributed by atoms with Crippen LogP contribution in [-0.4, -0.2) is 11.5 Å². The molecule has 0 aliphatic heterocycles. The molecule has 4 nitrogen and oxygen atoms in total. The summed E-state index contributed by atoms with van der Waals surface area (Å²) in [6.07, 6.45) is 5.20. The molecule has 5 heteroatoms. The zero-order chi connectivity index (χ0) is 12.3. The Morgan fingerprint density at radius 2 is 2.29 bits per heavy atom. The molecule has 1 aliphatic rings. The first-order chi connectivity index (χ1) is 8.15. The van der Waals surface area contributed by atoms with Gasteiger partial charge in [0, 0.05) is 24.0 Å². The molecular formula is C12H18N2O2S. The minimum atomic E-state index is -0.326. The molecule has 1 fully saturated rings. The van der Waals surface area contributed by atoms with Crippen molar-refractivity contribution in [3.8, 4) is 0 Å². The van der Waals surface area contributed by atoms with Crippen molar-refractivity contribution in [3.63, 3.8) is 0 Å². The molecular weight excluding hydrogens is 236 g/mol. The number of hydrogen-bond donors (Lipinski definition) is 1. The Kier molecular flexibility index (Phi) is 3.79. The van der Waals surface area contributed by atoms with Crippen LogP contribution in [0.3, 0.4) is 0 Å². The molecule has 1 heterocycles. The Hall–Kier alpha value is -0.940. The summed E-state index contributed by atoms with van der Waals surface area (Å²) >= 11 is 1.26. The average Bonchev–Trinajstić information content (AvgIpc) is 2.88. The number of nitrogens with one attached hydrogen (secondary N) is 1. The summed E-state index contributed by atoms with van der Waals surface area (Å²) in [5, 5.41) is 14.2. The van der Waals surface area contributed by atoms with E-state index in [4.69, 9.17) is 0 Å². The van der Waals surface area contributed by atoms with E-state index in [-0.39, 0.29) is 9.92 Å². The standard InChI is InChI=1S/C12H18N2O2S/c1-2-5-12(6-7-12)9-13-8-10-3-4-11(17-10)14(15)16/h3-4,13H,2,5-9H2,1H3. The number of thiophene rings is 1. The van der Waals surface area contributed by atoms with Crippen LogP contribution < -0.4 is 5.32 Å². The van der Waals surface area contributed by atoms with Gasteiger partial charge in [0.2, 0.25) is 0 Å². The summed E-state index contributed by atoms with van der Waals surface area (Å²) in [7, 11) is 0. The van der Waals surface area contributed by atoms with Gasteiger partial charge in [-0.25, -0.2) is 0 Å². The molecule has 17 heavy (non-hydrogen) atoms. The summed E-state index contributed by atoms with van der Waals surface area (Å²) in [5.41, 5.74) is 0.540. The third-order valence-electron chi connectivity index (χ3n) is 3.36. The van der Waals surface area contributed by atoms with Crippen molar-refractivity contribution in [2.24, 2.45) is 5.41 Å². The van der Waals surface area contributed by atoms with Crippen molar-refractivity contribution in [2.45, 2.75) is 39.2 Å². The molecule has 1 N–H and O–H groups in total. The first-order valence-corrected chi connectivity index (χ1v) is 6.91. The van der Waals surface area contributed by atoms with Crippen LogP contribution in [-0.2, 0) is 6.54 Å². The molecule has 0 unspecified atom stereocenters. The highest BCUT2D eigenvalue weighted by Gasteiger charge is 2.40. The summed E-state index contributed by atoms with van der Waals surface area (Å²) < 4.78 is 0. The second-order valence-corrected chi connectivity index (χ2v) is 6.00. The predicted octanol–water partition coefficient (Wildman–Crippen LogP) is 3.33. The fraction of sp³-hybridized carbons (Fsp3) is 0.667. The van der Waals surface area contributed by atoms with Gasteiger partial charge >= 0.3 is 5.00 Å². The van der Waals surface area contributed by atoms with Crippen LogP contribution in [0.1, 0.15) is 37.5 Å². The van der Waals surface area contributed by atoms with Crippen LogP contribution in [0.4, 0.5) is 5.00 Å². The van der Waals surface area contributed by atoms with Crippen molar-refractivity contribution in [2.75, 3.05) is 6.54 Å². The third kappa shape index (κ3) is 3.26. The Bertz CT molecular complexity index is 399. The fourth-order valence-electron chi connectivity index (χ4n) is 2.23. The maximum Gasteiger partial charge on any atom is 0.324 e. The van der Waals surface area contributed by atoms with Crippen LogP contribution in [0.5, 0.6) is 0 Å². The van der Waals surface area contributed by atoms with Crippen LogP contribution >= 0.6 is 11.3 Å². The van der Waals surface area contributed by atoms with Crippen molar-refractivity contribution >= 4 is 16.3 Å². The highest BCUT2D eigenvalue weighted by atomic mass is 32.1. The molecule has 2 rings (SSSR count). The van der Waals surface area contributed by atoms with E-state index in [2.05, 4.69) is 12.2 Å². The topological polar surface area (TPSA) is 55.2 Å². The van der Waals surface area contributed by atoms with Crippen molar-refractivity contribution in [1.29, 1.82) is 0 Å². The lowest BCUT2D eigenvalue weighted by Crippen LogP contribution is -2.23. The van der Waals surface area contributed by atoms with E-state index in [1.807, 2.05) is 6.07 Å². The van der Waals surface area contributed by atoms with Gasteiger partial charge in [-0.2, -0.15) is 0 Å². The van der Waals surface area contributed by atoms with Crippen LogP contribution in [0.2, 0.25) is 0 Å². The highest BCUT2D eigenvalue weighted by molar-refractivity contribution is 7.15. The zero-order valence-corrected chi connectivity index (χ0v) is 10.9. The second kappa shape index (κ2) is 5.14. The van der Waals surface area contributed by atoms with Crippen LogP contribution in [0, 0.1) is 15.5 Å². The predicted molar refractivity (Wildman–Crippen MR) is 69.3 cm³/mol. The SMILES string of the molecule is CCCC1(CNCc2ccc([N+](=O)[O-])s2)CC1. The number of nitro groups is 1. The zero-order valence-electron chi connectivity index (χ0n) is 10.1. The van der Waals surface area contributed by atoms with Gasteiger partial charge in [-0.1, -0.05) is 24.7 Å². The molecule has 0 aromatic carbocycles. The van der Waals surface area contributed by atoms with E-state index < -0.39 is 0 Å². The van der Waals surface area contributed by atoms with E-state index in [9.17, 15) is 10.1 Å². The smallest absolute Gasteiger partial charge is 0.311 e. The van der Waals surface area contributed by atoms with Crippen molar-refractivity contribution in [1.82, 2.24) is 5.32 Å². The molecule has 1 saturated carbocycles. The summed E-state index contributed by atoms with van der Waals surface area (Å²) in [5.74, 6) is 0. The summed E-state index contributed by atoms with van der Waals surface area (Å²) in [6, 6.07) is 3.43. The number of hydrogen-bond acceptors (Lipinski definition) is 4. The van der Waals surface area contributed by atoms with E-state index in [1.54, 1.807) is 6.07 Å². The maximum absolute atomic E-state index is 10.5. The van der Waals surface area contributed by atoms with E-state index >= 15 is 0 Å². The van der Waals surface area contributed by atoms with E-state index in [1.165, 1.54) is 37.0 Å². The Morgan fingerprint density at radius 3 is 2.82 bits per heavy atom. The lowest BCUT2D eigenvalue weighted by molar-refractivity contribution is -0.380. The Labute approximate surface area is 105 Å². The first-order valence-electron chi connectivity index (χ1n) is 6.09. The van der Waals surface area contributed by atoms with Gasteiger partial charge in [-0.05, 0) is 30.7 Å². The van der Waals surface area contributed by atoms with Gasteiger partial charge < -0.3 is 5.32 Å². The minimum absolute atomic E-state index is 0.233. The first kappa shape index (κ1) is 12.5. The molecule has 1 aromatic heterocycles. The molecule has 94 valence electrons. The fourth-order valence-corrected chi connectivity index (χ4v) is 3.02. The van der Waals surface area contributed by atoms with Gasteiger partial charge in [0.25, 0.3) is 0 Å². The monoisotopic (exact) mass is 254 g/mol. The van der Waals surface area contributed by atoms with Gasteiger partial charge in [0.15, 0.2) is 0 Å². The minimum Gasteiger partial charge on any atom is -0.311 e. The third-order valence-corrected chi connectivity index (χ3v) is 4.40. The van der Waals surface area contributed by atoms with Crippen LogP contribution in [0.15, 0.2) is 12.1 Å². The largest absolute Gasteiger partial charge is 0.324 e. The normalized spacial score (nSPS) is 17.0. The molecule has 1 aliphatic carbocycles. The van der Waals surface area contributed by atoms with Crippen molar-refractivity contribution < 1.29 is 4.92 Å². The molecule has 0 radical (unpaired) electrons. The average molecular weight is 254 g/mol. The van der Waals surface area contributed by atoms with Gasteiger partial charge in [-0.15, -0.1) is 0 Å². The molecule has 1 aromatic rings. The highest BCUT2D eigenvalue weighted by Crippen LogP contribution is 2.48. The van der Waals surface area contributed by atoms with E-state index in [0.29, 0.717) is 5.41 Å². The van der Waals surface area contributed by atoms with Gasteiger partial charge in [0.1, 0.15) is 0 Å². The van der Waals surface area contributed by atoms with Gasteiger partial charge in [0.05, 0.1) is 4.92 Å². The number of rotatable bonds is 7. The van der Waals surface area contributed by atoms with Crippen LogP contribution in [0.25, 0.3) is 0 Å².